The van der Waals surface area contributed by atoms with Gasteiger partial charge in [-0.3, -0.25) is 9.59 Å². The molecule has 144 valence electrons. The predicted molar refractivity (Wildman–Crippen MR) is 110 cm³/mol. The first kappa shape index (κ1) is 20.0. The molecule has 2 aromatic carbocycles. The highest BCUT2D eigenvalue weighted by Gasteiger charge is 2.32. The Hall–Kier alpha value is -2.72. The van der Waals surface area contributed by atoms with Gasteiger partial charge >= 0.3 is 0 Å². The summed E-state index contributed by atoms with van der Waals surface area (Å²) in [5.74, 6) is -0.979. The molecule has 1 aliphatic heterocycles. The lowest BCUT2D eigenvalue weighted by atomic mass is 10.2. The van der Waals surface area contributed by atoms with Crippen molar-refractivity contribution < 1.29 is 19.1 Å². The van der Waals surface area contributed by atoms with Gasteiger partial charge in [-0.1, -0.05) is 11.8 Å². The van der Waals surface area contributed by atoms with Crippen molar-refractivity contribution in [2.45, 2.75) is 11.7 Å². The maximum absolute atomic E-state index is 12.9. The molecule has 0 aliphatic carbocycles. The molecule has 10 heteroatoms. The number of hydrogen-bond acceptors (Lipinski definition) is 6. The first-order valence-corrected chi connectivity index (χ1v) is 9.70. The second kappa shape index (κ2) is 8.98. The Morgan fingerprint density at radius 3 is 2.79 bits per heavy atom. The van der Waals surface area contributed by atoms with Crippen LogP contribution in [0.1, 0.15) is 12.0 Å². The minimum absolute atomic E-state index is 0.0540. The highest BCUT2D eigenvalue weighted by atomic mass is 79.9. The van der Waals surface area contributed by atoms with E-state index in [1.165, 1.54) is 36.5 Å². The van der Waals surface area contributed by atoms with Crippen molar-refractivity contribution in [3.63, 3.8) is 0 Å². The number of carbonyl (C=O) groups excluding carboxylic acids is 2. The van der Waals surface area contributed by atoms with Crippen molar-refractivity contribution in [3.8, 4) is 5.75 Å². The molecular formula is C18H14BrFN4O3S. The van der Waals surface area contributed by atoms with Crippen molar-refractivity contribution in [1.82, 2.24) is 5.32 Å². The molecule has 1 aliphatic rings. The van der Waals surface area contributed by atoms with Crippen LogP contribution in [0.15, 0.2) is 57.1 Å². The van der Waals surface area contributed by atoms with Crippen LogP contribution in [0.2, 0.25) is 0 Å². The van der Waals surface area contributed by atoms with E-state index in [4.69, 9.17) is 0 Å². The van der Waals surface area contributed by atoms with Crippen molar-refractivity contribution in [3.05, 3.63) is 58.3 Å². The molecule has 2 amide bonds. The van der Waals surface area contributed by atoms with E-state index in [2.05, 4.69) is 36.8 Å². The number of anilines is 1. The number of phenols is 1. The van der Waals surface area contributed by atoms with E-state index < -0.39 is 11.1 Å². The van der Waals surface area contributed by atoms with E-state index >= 15 is 0 Å². The Balaban J connectivity index is 1.55. The molecule has 0 bridgehead atoms. The minimum atomic E-state index is -0.628. The monoisotopic (exact) mass is 464 g/mol. The molecule has 7 nitrogen and oxygen atoms in total. The van der Waals surface area contributed by atoms with Gasteiger partial charge < -0.3 is 15.7 Å². The van der Waals surface area contributed by atoms with Gasteiger partial charge in [0.1, 0.15) is 16.8 Å². The molecule has 0 radical (unpaired) electrons. The molecule has 0 unspecified atom stereocenters. The van der Waals surface area contributed by atoms with Crippen molar-refractivity contribution in [1.29, 1.82) is 0 Å². The summed E-state index contributed by atoms with van der Waals surface area (Å²) in [7, 11) is 0. The number of benzene rings is 2. The average Bonchev–Trinajstić information content (AvgIpc) is 2.99. The van der Waals surface area contributed by atoms with Gasteiger partial charge in [-0.2, -0.15) is 5.10 Å². The van der Waals surface area contributed by atoms with E-state index in [1.54, 1.807) is 12.1 Å². The first-order chi connectivity index (χ1) is 13.4. The Labute approximate surface area is 172 Å². The summed E-state index contributed by atoms with van der Waals surface area (Å²) in [4.78, 5) is 24.1. The summed E-state index contributed by atoms with van der Waals surface area (Å²) in [5, 5.41) is 22.1. The quantitative estimate of drug-likeness (QED) is 0.466. The van der Waals surface area contributed by atoms with Crippen LogP contribution in [0, 0.1) is 5.82 Å². The van der Waals surface area contributed by atoms with E-state index in [1.807, 2.05) is 0 Å². The number of amidine groups is 1. The van der Waals surface area contributed by atoms with Crippen LogP contribution in [0.4, 0.5) is 10.1 Å². The largest absolute Gasteiger partial charge is 0.507 e. The number of rotatable bonds is 5. The third-order valence-electron chi connectivity index (χ3n) is 3.60. The second-order valence-electron chi connectivity index (χ2n) is 5.72. The van der Waals surface area contributed by atoms with E-state index in [9.17, 15) is 19.1 Å². The predicted octanol–water partition coefficient (Wildman–Crippen LogP) is 3.24. The van der Waals surface area contributed by atoms with Crippen LogP contribution in [-0.2, 0) is 9.59 Å². The van der Waals surface area contributed by atoms with Crippen molar-refractivity contribution in [2.24, 2.45) is 10.2 Å². The number of aromatic hydroxyl groups is 1. The van der Waals surface area contributed by atoms with Crippen LogP contribution in [0.5, 0.6) is 5.75 Å². The Bertz CT molecular complexity index is 966. The molecular weight excluding hydrogens is 451 g/mol. The number of nitrogens with zero attached hydrogens (tertiary/aromatic N) is 2. The summed E-state index contributed by atoms with van der Waals surface area (Å²) < 4.78 is 13.4. The highest BCUT2D eigenvalue weighted by Crippen LogP contribution is 2.24. The van der Waals surface area contributed by atoms with Crippen LogP contribution in [0.25, 0.3) is 0 Å². The van der Waals surface area contributed by atoms with Crippen LogP contribution in [0.3, 0.4) is 0 Å². The molecule has 0 aromatic heterocycles. The van der Waals surface area contributed by atoms with Crippen molar-refractivity contribution in [2.75, 3.05) is 5.32 Å². The Morgan fingerprint density at radius 1 is 1.32 bits per heavy atom. The molecule has 2 aromatic rings. The summed E-state index contributed by atoms with van der Waals surface area (Å²) in [5.41, 5.74) is 1.16. The topological polar surface area (TPSA) is 103 Å². The Kier molecular flexibility index (Phi) is 6.42. The van der Waals surface area contributed by atoms with E-state index in [-0.39, 0.29) is 24.0 Å². The van der Waals surface area contributed by atoms with Crippen LogP contribution < -0.4 is 10.6 Å². The summed E-state index contributed by atoms with van der Waals surface area (Å²) in [6.07, 6.45) is 1.42. The molecule has 1 heterocycles. The Morgan fingerprint density at radius 2 is 2.07 bits per heavy atom. The number of halogens is 2. The minimum Gasteiger partial charge on any atom is -0.507 e. The molecule has 0 spiro atoms. The third-order valence-corrected chi connectivity index (χ3v) is 5.31. The number of thioether (sulfide) groups is 1. The average molecular weight is 465 g/mol. The lowest BCUT2D eigenvalue weighted by Gasteiger charge is -2.07. The second-order valence-corrected chi connectivity index (χ2v) is 7.76. The van der Waals surface area contributed by atoms with Crippen LogP contribution in [-0.4, -0.2) is 33.6 Å². The van der Waals surface area contributed by atoms with Gasteiger partial charge in [-0.15, -0.1) is 5.10 Å². The zero-order valence-electron chi connectivity index (χ0n) is 14.2. The van der Waals surface area contributed by atoms with Gasteiger partial charge in [-0.05, 0) is 64.0 Å². The lowest BCUT2D eigenvalue weighted by Crippen LogP contribution is -2.28. The summed E-state index contributed by atoms with van der Waals surface area (Å²) in [6, 6.07) is 10.2. The fourth-order valence-corrected chi connectivity index (χ4v) is 3.57. The van der Waals surface area contributed by atoms with Crippen molar-refractivity contribution >= 4 is 56.6 Å². The van der Waals surface area contributed by atoms with Gasteiger partial charge in [0.05, 0.1) is 10.7 Å². The van der Waals surface area contributed by atoms with Gasteiger partial charge in [0, 0.05) is 12.1 Å². The zero-order valence-corrected chi connectivity index (χ0v) is 16.6. The maximum atomic E-state index is 12.9. The number of phenolic OH excluding ortho intramolecular Hbond substituents is 1. The molecule has 28 heavy (non-hydrogen) atoms. The maximum Gasteiger partial charge on any atom is 0.240 e. The standard InChI is InChI=1S/C18H14BrFN4O3S/c19-13-7-10(1-6-14(13)25)9-21-24-18-23-17(27)15(28-18)8-16(26)22-12-4-2-11(20)3-5-12/h1-7,9,15,25H,8H2,(H,22,26)(H,23,24,27)/b21-9+/t15-/m0/s1. The van der Waals surface area contributed by atoms with Gasteiger partial charge in [-0.25, -0.2) is 4.39 Å². The number of hydrogen-bond donors (Lipinski definition) is 3. The lowest BCUT2D eigenvalue weighted by molar-refractivity contribution is -0.122. The number of amides is 2. The fraction of sp³-hybridized carbons (Fsp3) is 0.111. The molecule has 1 fully saturated rings. The molecule has 3 N–H and O–H groups in total. The molecule has 0 saturated carbocycles. The third kappa shape index (κ3) is 5.40. The molecule has 1 saturated heterocycles. The fourth-order valence-electron chi connectivity index (χ4n) is 2.25. The summed E-state index contributed by atoms with van der Waals surface area (Å²) >= 11 is 4.31. The highest BCUT2D eigenvalue weighted by molar-refractivity contribution is 9.10. The summed E-state index contributed by atoms with van der Waals surface area (Å²) in [6.45, 7) is 0. The smallest absolute Gasteiger partial charge is 0.240 e. The molecule has 1 atom stereocenters. The van der Waals surface area contributed by atoms with Gasteiger partial charge in [0.15, 0.2) is 5.17 Å². The van der Waals surface area contributed by atoms with Crippen LogP contribution >= 0.6 is 27.7 Å². The SMILES string of the molecule is O=C(C[C@@H]1S/C(=N\N=C\c2ccc(O)c(Br)c2)NC1=O)Nc1ccc(F)cc1. The first-order valence-electron chi connectivity index (χ1n) is 8.03. The molecule has 3 rings (SSSR count). The van der Waals surface area contributed by atoms with E-state index in [0.29, 0.717) is 20.9 Å². The zero-order chi connectivity index (χ0) is 20.1. The normalized spacial score (nSPS) is 17.9. The van der Waals surface area contributed by atoms with Gasteiger partial charge in [0.2, 0.25) is 11.8 Å². The van der Waals surface area contributed by atoms with Gasteiger partial charge in [0.25, 0.3) is 0 Å². The number of carbonyl (C=O) groups is 2. The van der Waals surface area contributed by atoms with E-state index in [0.717, 1.165) is 11.8 Å². The number of nitrogens with one attached hydrogen (secondary N) is 2.